The Morgan fingerprint density at radius 1 is 1.11 bits per heavy atom. The minimum Gasteiger partial charge on any atom is -0.457 e. The fourth-order valence-electron chi connectivity index (χ4n) is 10.5. The number of aliphatic hydroxyl groups excluding tert-OH is 5. The van der Waals surface area contributed by atoms with Crippen LogP contribution in [0.5, 0.6) is 0 Å². The summed E-state index contributed by atoms with van der Waals surface area (Å²) in [6, 6.07) is 0. The molecule has 1 heterocycles. The lowest BCUT2D eigenvalue weighted by Crippen LogP contribution is -2.59. The first-order chi connectivity index (χ1) is 20.6. The fraction of sp³-hybridized carbons (Fsp3) is 0.914. The van der Waals surface area contributed by atoms with Gasteiger partial charge in [-0.05, 0) is 105 Å². The van der Waals surface area contributed by atoms with E-state index in [0.717, 1.165) is 25.7 Å². The summed E-state index contributed by atoms with van der Waals surface area (Å²) < 4.78 is 18.0. The first kappa shape index (κ1) is 34.3. The molecule has 0 aromatic heterocycles. The van der Waals surface area contributed by atoms with E-state index < -0.39 is 48.9 Å². The summed E-state index contributed by atoms with van der Waals surface area (Å²) in [7, 11) is 0. The van der Waals surface area contributed by atoms with Gasteiger partial charge < -0.3 is 39.7 Å². The van der Waals surface area contributed by atoms with E-state index in [9.17, 15) is 30.3 Å². The second-order valence-corrected chi connectivity index (χ2v) is 16.0. The van der Waals surface area contributed by atoms with Crippen molar-refractivity contribution in [2.75, 3.05) is 0 Å². The number of rotatable bonds is 8. The minimum absolute atomic E-state index is 0.0775. The normalized spacial score (nSPS) is 48.5. The van der Waals surface area contributed by atoms with Gasteiger partial charge in [-0.1, -0.05) is 46.3 Å². The average molecular weight is 623 g/mol. The topological polar surface area (TPSA) is 146 Å². The number of hydrogen-bond acceptors (Lipinski definition) is 9. The number of esters is 1. The van der Waals surface area contributed by atoms with Crippen LogP contribution < -0.4 is 0 Å². The number of hydrogen-bond donors (Lipinski definition) is 5. The molecule has 0 aromatic carbocycles. The molecule has 1 aliphatic heterocycles. The van der Waals surface area contributed by atoms with Gasteiger partial charge in [-0.25, -0.2) is 0 Å². The highest BCUT2D eigenvalue weighted by molar-refractivity contribution is 5.66. The molecule has 4 aliphatic carbocycles. The highest BCUT2D eigenvalue weighted by atomic mass is 16.7. The third-order valence-electron chi connectivity index (χ3n) is 12.7. The minimum atomic E-state index is -1.38. The lowest BCUT2D eigenvalue weighted by atomic mass is 9.46. The molecule has 0 aromatic rings. The standard InChI is InChI=1S/C35H58O9/c1-17(2)8-11-25(38)18(3)28-27(44-33-31(41)32(43-20(5)36)30(40)19(4)42-33)15-24-23-10-9-21-14-22(37)12-13-34(21,6)29(23)26(39)16-35(24,28)7/h9,17-19,22-33,37-41H,8,10-16H2,1-7H3/t18-,19+,22+,23+,24+,25+,26+,27+,28+,29-,30+,31-,32-,33+,34+,35+/m1/s1. The van der Waals surface area contributed by atoms with E-state index in [-0.39, 0.29) is 52.6 Å². The number of aliphatic hydroxyl groups is 5. The molecule has 0 bridgehead atoms. The molecule has 5 N–H and O–H groups in total. The first-order valence-electron chi connectivity index (χ1n) is 17.2. The van der Waals surface area contributed by atoms with Gasteiger partial charge in [0.2, 0.25) is 0 Å². The average Bonchev–Trinajstić information content (AvgIpc) is 3.23. The maximum absolute atomic E-state index is 12.0. The highest BCUT2D eigenvalue weighted by Gasteiger charge is 2.65. The van der Waals surface area contributed by atoms with Gasteiger partial charge in [0, 0.05) is 6.92 Å². The summed E-state index contributed by atoms with van der Waals surface area (Å²) in [4.78, 5) is 11.8. The first-order valence-corrected chi connectivity index (χ1v) is 17.2. The molecule has 0 spiro atoms. The summed E-state index contributed by atoms with van der Waals surface area (Å²) in [6.07, 6.45) is 0.907. The molecule has 9 nitrogen and oxygen atoms in total. The lowest BCUT2D eigenvalue weighted by molar-refractivity contribution is -0.311. The van der Waals surface area contributed by atoms with E-state index in [4.69, 9.17) is 14.2 Å². The summed E-state index contributed by atoms with van der Waals surface area (Å²) >= 11 is 0. The number of carbonyl (C=O) groups is 1. The number of carbonyl (C=O) groups excluding carboxylic acids is 1. The van der Waals surface area contributed by atoms with Gasteiger partial charge in [-0.2, -0.15) is 0 Å². The number of allylic oxidation sites excluding steroid dienone is 1. The molecule has 16 atom stereocenters. The molecule has 3 saturated carbocycles. The van der Waals surface area contributed by atoms with Crippen LogP contribution in [0.4, 0.5) is 0 Å². The monoisotopic (exact) mass is 622 g/mol. The molecule has 9 heteroatoms. The van der Waals surface area contributed by atoms with Crippen LogP contribution in [0.2, 0.25) is 0 Å². The second-order valence-electron chi connectivity index (χ2n) is 16.0. The van der Waals surface area contributed by atoms with Crippen molar-refractivity contribution in [2.24, 2.45) is 46.3 Å². The zero-order valence-electron chi connectivity index (χ0n) is 27.8. The Hall–Kier alpha value is -1.07. The molecular weight excluding hydrogens is 564 g/mol. The van der Waals surface area contributed by atoms with Crippen molar-refractivity contribution in [1.29, 1.82) is 0 Å². The van der Waals surface area contributed by atoms with Crippen LogP contribution >= 0.6 is 0 Å². The van der Waals surface area contributed by atoms with Crippen LogP contribution in [-0.4, -0.2) is 86.6 Å². The Bertz CT molecular complexity index is 1060. The Kier molecular flexibility index (Phi) is 10.0. The molecular formula is C35H58O9. The predicted molar refractivity (Wildman–Crippen MR) is 164 cm³/mol. The van der Waals surface area contributed by atoms with Crippen molar-refractivity contribution >= 4 is 5.97 Å². The van der Waals surface area contributed by atoms with Crippen LogP contribution in [0.15, 0.2) is 11.6 Å². The van der Waals surface area contributed by atoms with Gasteiger partial charge >= 0.3 is 5.97 Å². The van der Waals surface area contributed by atoms with Gasteiger partial charge in [0.15, 0.2) is 12.4 Å². The highest BCUT2D eigenvalue weighted by Crippen LogP contribution is 2.68. The van der Waals surface area contributed by atoms with Gasteiger partial charge in [0.05, 0.1) is 30.5 Å². The number of fused-ring (bicyclic) bond motifs is 5. The van der Waals surface area contributed by atoms with Crippen molar-refractivity contribution in [2.45, 2.75) is 155 Å². The lowest BCUT2D eigenvalue weighted by Gasteiger charge is -2.60. The molecule has 5 aliphatic rings. The summed E-state index contributed by atoms with van der Waals surface area (Å²) in [6.45, 7) is 13.8. The van der Waals surface area contributed by atoms with Crippen molar-refractivity contribution in [3.8, 4) is 0 Å². The van der Waals surface area contributed by atoms with E-state index in [0.29, 0.717) is 31.6 Å². The van der Waals surface area contributed by atoms with Gasteiger partial charge in [0.25, 0.3) is 0 Å². The molecule has 0 radical (unpaired) electrons. The molecule has 1 saturated heterocycles. The number of ether oxygens (including phenoxy) is 3. The molecule has 5 rings (SSSR count). The Morgan fingerprint density at radius 2 is 1.82 bits per heavy atom. The molecule has 44 heavy (non-hydrogen) atoms. The van der Waals surface area contributed by atoms with Crippen molar-refractivity contribution in [3.63, 3.8) is 0 Å². The largest absolute Gasteiger partial charge is 0.457 e. The Balaban J connectivity index is 1.48. The van der Waals surface area contributed by atoms with E-state index in [2.05, 4.69) is 40.7 Å². The van der Waals surface area contributed by atoms with Gasteiger partial charge in [-0.15, -0.1) is 0 Å². The zero-order chi connectivity index (χ0) is 32.3. The van der Waals surface area contributed by atoms with Crippen molar-refractivity contribution < 1.29 is 44.5 Å². The quantitative estimate of drug-likeness (QED) is 0.202. The maximum atomic E-state index is 12.0. The van der Waals surface area contributed by atoms with Crippen LogP contribution in [0.3, 0.4) is 0 Å². The summed E-state index contributed by atoms with van der Waals surface area (Å²) in [5.74, 6) is 0.100. The van der Waals surface area contributed by atoms with E-state index >= 15 is 0 Å². The van der Waals surface area contributed by atoms with Gasteiger partial charge in [-0.3, -0.25) is 4.79 Å². The SMILES string of the molecule is CC(=O)O[C@@H]1[C@@H](O)[C@H](C)O[C@@H](O[C@H]2C[C@H]3[C@@H]4CC=C5C[C@@H](O)CC[C@]5(C)[C@H]4[C@@H](O)C[C@]3(C)[C@H]2[C@H](C)[C@@H](O)CCC(C)C)[C@@H]1O. The summed E-state index contributed by atoms with van der Waals surface area (Å²) in [5, 5.41) is 55.9. The van der Waals surface area contributed by atoms with Crippen LogP contribution in [0.25, 0.3) is 0 Å². The van der Waals surface area contributed by atoms with Crippen molar-refractivity contribution in [3.05, 3.63) is 11.6 Å². The van der Waals surface area contributed by atoms with Crippen LogP contribution in [0.1, 0.15) is 99.8 Å². The molecule has 4 fully saturated rings. The van der Waals surface area contributed by atoms with Crippen LogP contribution in [0, 0.1) is 46.3 Å². The van der Waals surface area contributed by atoms with E-state index in [1.165, 1.54) is 12.5 Å². The van der Waals surface area contributed by atoms with Gasteiger partial charge in [0.1, 0.15) is 12.2 Å². The fourth-order valence-corrected chi connectivity index (χ4v) is 10.5. The smallest absolute Gasteiger partial charge is 0.303 e. The third kappa shape index (κ3) is 6.04. The zero-order valence-corrected chi connectivity index (χ0v) is 27.8. The molecule has 0 unspecified atom stereocenters. The summed E-state index contributed by atoms with van der Waals surface area (Å²) in [5.41, 5.74) is 0.785. The maximum Gasteiger partial charge on any atom is 0.303 e. The third-order valence-corrected chi connectivity index (χ3v) is 12.7. The predicted octanol–water partition coefficient (Wildman–Crippen LogP) is 3.72. The van der Waals surface area contributed by atoms with E-state index in [1.54, 1.807) is 6.92 Å². The Morgan fingerprint density at radius 3 is 2.48 bits per heavy atom. The second kappa shape index (κ2) is 12.9. The van der Waals surface area contributed by atoms with Crippen LogP contribution in [-0.2, 0) is 19.0 Å². The van der Waals surface area contributed by atoms with Crippen molar-refractivity contribution in [1.82, 2.24) is 0 Å². The Labute approximate surface area is 263 Å². The molecule has 252 valence electrons. The van der Waals surface area contributed by atoms with E-state index in [1.807, 2.05) is 0 Å². The molecule has 0 amide bonds.